The van der Waals surface area contributed by atoms with Gasteiger partial charge in [0.1, 0.15) is 11.6 Å². The Morgan fingerprint density at radius 3 is 2.67 bits per heavy atom. The number of amides is 1. The van der Waals surface area contributed by atoms with Gasteiger partial charge in [-0.05, 0) is 19.9 Å². The van der Waals surface area contributed by atoms with Crippen molar-refractivity contribution in [3.05, 3.63) is 41.6 Å². The van der Waals surface area contributed by atoms with Crippen LogP contribution in [-0.4, -0.2) is 22.1 Å². The van der Waals surface area contributed by atoms with Crippen LogP contribution in [0, 0.1) is 0 Å². The molecule has 1 aromatic carbocycles. The van der Waals surface area contributed by atoms with Gasteiger partial charge in [0.15, 0.2) is 0 Å². The maximum atomic E-state index is 12.7. The number of rotatable bonds is 3. The molecule has 0 fully saturated rings. The molecule has 1 aliphatic heterocycles. The molecular weight excluding hydrogens is 323 g/mol. The molecule has 2 heterocycles. The number of alkyl halides is 3. The Bertz CT molecular complexity index is 768. The molecule has 0 saturated carbocycles. The summed E-state index contributed by atoms with van der Waals surface area (Å²) in [4.78, 5) is 12.1. The van der Waals surface area contributed by atoms with Crippen molar-refractivity contribution >= 4 is 11.7 Å². The molecule has 8 heteroatoms. The number of carbonyl (C=O) groups excluding carboxylic acids is 1. The van der Waals surface area contributed by atoms with E-state index in [1.807, 2.05) is 13.8 Å². The van der Waals surface area contributed by atoms with Crippen molar-refractivity contribution in [2.45, 2.75) is 38.6 Å². The van der Waals surface area contributed by atoms with Gasteiger partial charge in [-0.15, -0.1) is 13.2 Å². The van der Waals surface area contributed by atoms with Crippen molar-refractivity contribution in [2.75, 3.05) is 5.32 Å². The highest BCUT2D eigenvalue weighted by Gasteiger charge is 2.36. The fraction of sp³-hybridized carbons (Fsp3) is 0.375. The molecular formula is C16H16F3N3O2. The van der Waals surface area contributed by atoms with E-state index in [1.54, 1.807) is 23.0 Å². The maximum Gasteiger partial charge on any atom is 0.573 e. The molecule has 3 rings (SSSR count). The van der Waals surface area contributed by atoms with Crippen molar-refractivity contribution in [1.29, 1.82) is 0 Å². The van der Waals surface area contributed by atoms with E-state index in [1.165, 1.54) is 12.1 Å². The Labute approximate surface area is 136 Å². The van der Waals surface area contributed by atoms with Crippen LogP contribution < -0.4 is 10.1 Å². The Morgan fingerprint density at radius 1 is 1.29 bits per heavy atom. The largest absolute Gasteiger partial charge is 0.573 e. The van der Waals surface area contributed by atoms with Crippen molar-refractivity contribution in [3.8, 4) is 5.75 Å². The topological polar surface area (TPSA) is 56.2 Å². The predicted molar refractivity (Wildman–Crippen MR) is 80.8 cm³/mol. The highest BCUT2D eigenvalue weighted by molar-refractivity contribution is 5.94. The minimum atomic E-state index is -4.79. The number of anilines is 1. The van der Waals surface area contributed by atoms with Gasteiger partial charge in [-0.25, -0.2) is 4.68 Å². The first kappa shape index (κ1) is 16.4. The van der Waals surface area contributed by atoms with Crippen LogP contribution in [0.1, 0.15) is 43.4 Å². The summed E-state index contributed by atoms with van der Waals surface area (Å²) in [6.07, 6.45) is -3.17. The lowest BCUT2D eigenvalue weighted by molar-refractivity contribution is -0.274. The van der Waals surface area contributed by atoms with Crippen LogP contribution >= 0.6 is 0 Å². The molecule has 2 aromatic rings. The fourth-order valence-electron chi connectivity index (χ4n) is 2.89. The summed E-state index contributed by atoms with van der Waals surface area (Å²) in [7, 11) is 0. The molecule has 0 saturated heterocycles. The molecule has 1 aromatic heterocycles. The van der Waals surface area contributed by atoms with E-state index >= 15 is 0 Å². The Morgan fingerprint density at radius 2 is 2.00 bits per heavy atom. The van der Waals surface area contributed by atoms with Crippen LogP contribution in [0.3, 0.4) is 0 Å². The first-order valence-electron chi connectivity index (χ1n) is 7.48. The van der Waals surface area contributed by atoms with Crippen LogP contribution in [0.2, 0.25) is 0 Å². The number of fused-ring (bicyclic) bond motifs is 1. The number of halogens is 3. The normalized spacial score (nSPS) is 17.6. The monoisotopic (exact) mass is 339 g/mol. The minimum absolute atomic E-state index is 0.00877. The summed E-state index contributed by atoms with van der Waals surface area (Å²) < 4.78 is 43.7. The van der Waals surface area contributed by atoms with Gasteiger partial charge in [-0.3, -0.25) is 4.79 Å². The zero-order valence-corrected chi connectivity index (χ0v) is 13.1. The second-order valence-electron chi connectivity index (χ2n) is 5.88. The summed E-state index contributed by atoms with van der Waals surface area (Å²) in [6.45, 7) is 3.81. The number of benzene rings is 1. The molecule has 1 atom stereocenters. The van der Waals surface area contributed by atoms with E-state index in [2.05, 4.69) is 15.2 Å². The van der Waals surface area contributed by atoms with Crippen LogP contribution in [0.5, 0.6) is 5.75 Å². The zero-order chi connectivity index (χ0) is 17.5. The van der Waals surface area contributed by atoms with E-state index in [-0.39, 0.29) is 24.1 Å². The smallest absolute Gasteiger partial charge is 0.405 e. The van der Waals surface area contributed by atoms with Gasteiger partial charge in [0.25, 0.3) is 0 Å². The molecule has 0 spiro atoms. The summed E-state index contributed by atoms with van der Waals surface area (Å²) in [5.41, 5.74) is 0.996. The van der Waals surface area contributed by atoms with E-state index in [9.17, 15) is 18.0 Å². The standard InChI is InChI=1S/C16H16F3N3O2/c1-9(2)22-15-12(8-20-22)11(7-14(23)21-15)10-5-3-4-6-13(10)24-16(17,18)19/h3-6,8-9,11H,7H2,1-2H3,(H,21,23)/t11-/m1/s1. The molecule has 0 radical (unpaired) electrons. The summed E-state index contributed by atoms with van der Waals surface area (Å²) in [6, 6.07) is 5.89. The third-order valence-electron chi connectivity index (χ3n) is 3.86. The molecule has 1 N–H and O–H groups in total. The average Bonchev–Trinajstić information content (AvgIpc) is 2.89. The lowest BCUT2D eigenvalue weighted by atomic mass is 9.87. The quantitative estimate of drug-likeness (QED) is 0.924. The molecule has 0 unspecified atom stereocenters. The Kier molecular flexibility index (Phi) is 3.98. The maximum absolute atomic E-state index is 12.7. The van der Waals surface area contributed by atoms with Gasteiger partial charge in [0, 0.05) is 29.5 Å². The van der Waals surface area contributed by atoms with Crippen molar-refractivity contribution in [2.24, 2.45) is 0 Å². The second kappa shape index (κ2) is 5.85. The number of nitrogens with one attached hydrogen (secondary N) is 1. The predicted octanol–water partition coefficient (Wildman–Crippen LogP) is 3.84. The summed E-state index contributed by atoms with van der Waals surface area (Å²) in [5.74, 6) is -0.586. The van der Waals surface area contributed by atoms with E-state index in [4.69, 9.17) is 0 Å². The highest BCUT2D eigenvalue weighted by Crippen LogP contribution is 2.42. The lowest BCUT2D eigenvalue weighted by Crippen LogP contribution is -2.26. The van der Waals surface area contributed by atoms with Gasteiger partial charge in [-0.2, -0.15) is 5.10 Å². The van der Waals surface area contributed by atoms with E-state index in [0.717, 1.165) is 0 Å². The Balaban J connectivity index is 2.07. The van der Waals surface area contributed by atoms with Crippen molar-refractivity contribution in [1.82, 2.24) is 9.78 Å². The number of hydrogen-bond donors (Lipinski definition) is 1. The number of ether oxygens (including phenoxy) is 1. The number of para-hydroxylation sites is 1. The van der Waals surface area contributed by atoms with Crippen molar-refractivity contribution < 1.29 is 22.7 Å². The number of carbonyl (C=O) groups is 1. The molecule has 0 aliphatic carbocycles. The second-order valence-corrected chi connectivity index (χ2v) is 5.88. The minimum Gasteiger partial charge on any atom is -0.405 e. The fourth-order valence-corrected chi connectivity index (χ4v) is 2.89. The first-order chi connectivity index (χ1) is 11.3. The first-order valence-corrected chi connectivity index (χ1v) is 7.48. The van der Waals surface area contributed by atoms with E-state index in [0.29, 0.717) is 16.9 Å². The number of nitrogens with zero attached hydrogens (tertiary/aromatic N) is 2. The zero-order valence-electron chi connectivity index (χ0n) is 13.1. The average molecular weight is 339 g/mol. The van der Waals surface area contributed by atoms with Gasteiger partial charge < -0.3 is 10.1 Å². The third kappa shape index (κ3) is 3.08. The SMILES string of the molecule is CC(C)n1ncc2c1NC(=O)C[C@@H]2c1ccccc1OC(F)(F)F. The van der Waals surface area contributed by atoms with Crippen LogP contribution in [0.4, 0.5) is 19.0 Å². The van der Waals surface area contributed by atoms with Crippen molar-refractivity contribution in [3.63, 3.8) is 0 Å². The van der Waals surface area contributed by atoms with Crippen LogP contribution in [0.15, 0.2) is 30.5 Å². The number of aromatic nitrogens is 2. The third-order valence-corrected chi connectivity index (χ3v) is 3.86. The molecule has 1 amide bonds. The number of hydrogen-bond acceptors (Lipinski definition) is 3. The molecule has 0 bridgehead atoms. The van der Waals surface area contributed by atoms with Gasteiger partial charge in [-0.1, -0.05) is 18.2 Å². The van der Waals surface area contributed by atoms with Gasteiger partial charge >= 0.3 is 6.36 Å². The van der Waals surface area contributed by atoms with Crippen LogP contribution in [-0.2, 0) is 4.79 Å². The van der Waals surface area contributed by atoms with Crippen LogP contribution in [0.25, 0.3) is 0 Å². The molecule has 128 valence electrons. The molecule has 24 heavy (non-hydrogen) atoms. The summed E-state index contributed by atoms with van der Waals surface area (Å²) in [5, 5.41) is 7.01. The summed E-state index contributed by atoms with van der Waals surface area (Å²) >= 11 is 0. The molecule has 5 nitrogen and oxygen atoms in total. The Hall–Kier alpha value is -2.51. The van der Waals surface area contributed by atoms with Gasteiger partial charge in [0.2, 0.25) is 5.91 Å². The lowest BCUT2D eigenvalue weighted by Gasteiger charge is -2.26. The van der Waals surface area contributed by atoms with Gasteiger partial charge in [0.05, 0.1) is 6.20 Å². The molecule has 1 aliphatic rings. The van der Waals surface area contributed by atoms with E-state index < -0.39 is 12.3 Å². The highest BCUT2D eigenvalue weighted by atomic mass is 19.4.